The molecular weight excluding hydrogens is 831 g/mol. The maximum atomic E-state index is 7.33. The Labute approximate surface area is 387 Å². The first kappa shape index (κ1) is 39.8. The molecule has 0 fully saturated rings. The molecule has 314 valence electrons. The molecule has 0 saturated carbocycles. The molecule has 0 atom stereocenters. The van der Waals surface area contributed by atoms with E-state index >= 15 is 0 Å². The summed E-state index contributed by atoms with van der Waals surface area (Å²) in [6, 6.07) is 93.3. The second kappa shape index (κ2) is 16.0. The minimum atomic E-state index is -3.03. The van der Waals surface area contributed by atoms with Crippen LogP contribution in [0.2, 0.25) is 0 Å². The van der Waals surface area contributed by atoms with Crippen LogP contribution in [0.15, 0.2) is 253 Å². The second-order valence-electron chi connectivity index (χ2n) is 17.8. The molecule has 0 radical (unpaired) electrons. The van der Waals surface area contributed by atoms with Crippen molar-refractivity contribution in [2.45, 2.75) is 13.8 Å². The summed E-state index contributed by atoms with van der Waals surface area (Å²) < 4.78 is 9.81. The molecule has 2 nitrogen and oxygen atoms in total. The molecule has 2 aromatic heterocycles. The molecule has 0 bridgehead atoms. The molecular formula is C62H47NOSi2. The van der Waals surface area contributed by atoms with Gasteiger partial charge in [-0.25, -0.2) is 0 Å². The van der Waals surface area contributed by atoms with Crippen LogP contribution in [0.4, 0.5) is 0 Å². The van der Waals surface area contributed by atoms with Gasteiger partial charge in [-0.3, -0.25) is 0 Å². The van der Waals surface area contributed by atoms with Crippen LogP contribution >= 0.6 is 0 Å². The van der Waals surface area contributed by atoms with Crippen molar-refractivity contribution in [1.82, 2.24) is 4.57 Å². The van der Waals surface area contributed by atoms with Gasteiger partial charge >= 0.3 is 0 Å². The van der Waals surface area contributed by atoms with Gasteiger partial charge in [0, 0.05) is 21.5 Å². The number of hydrogen-bond acceptors (Lipinski definition) is 1. The number of hydrogen-bond donors (Lipinski definition) is 0. The number of aromatic nitrogens is 1. The lowest BCUT2D eigenvalue weighted by molar-refractivity contribution is 0.666. The van der Waals surface area contributed by atoms with Crippen molar-refractivity contribution in [3.8, 4) is 5.69 Å². The lowest BCUT2D eigenvalue weighted by Gasteiger charge is -2.35. The fourth-order valence-corrected chi connectivity index (χ4v) is 20.7. The highest BCUT2D eigenvalue weighted by Crippen LogP contribution is 2.39. The third-order valence-corrected chi connectivity index (χ3v) is 23.5. The van der Waals surface area contributed by atoms with E-state index in [1.54, 1.807) is 0 Å². The van der Waals surface area contributed by atoms with Crippen LogP contribution in [0.1, 0.15) is 11.1 Å². The Bertz CT molecular complexity index is 3440. The molecule has 12 rings (SSSR count). The molecule has 0 saturated heterocycles. The summed E-state index contributed by atoms with van der Waals surface area (Å²) in [4.78, 5) is 0. The highest BCUT2D eigenvalue weighted by atomic mass is 28.3. The Morgan fingerprint density at radius 1 is 0.303 bits per heavy atom. The minimum absolute atomic E-state index is 0.878. The van der Waals surface area contributed by atoms with Gasteiger partial charge in [0.05, 0.1) is 16.7 Å². The summed E-state index contributed by atoms with van der Waals surface area (Å²) in [5.41, 5.74) is 7.61. The van der Waals surface area contributed by atoms with Gasteiger partial charge in [-0.2, -0.15) is 0 Å². The number of aryl methyl sites for hydroxylation is 2. The van der Waals surface area contributed by atoms with E-state index in [0.717, 1.165) is 38.7 Å². The van der Waals surface area contributed by atoms with Gasteiger partial charge in [0.15, 0.2) is 21.7 Å². The zero-order valence-corrected chi connectivity index (χ0v) is 39.0. The fraction of sp³-hybridized carbons (Fsp3) is 0.0323. The summed E-state index contributed by atoms with van der Waals surface area (Å²) in [5.74, 6) is 0. The standard InChI is InChI=1S/C62H47NOSi2/c1-44-33-36-58-54(39-44)55-40-45(2)34-37-59(55)63(58)60-43-53(66(49-27-15-6-16-28-49,50-29-17-7-18-30-50)51-31-19-8-20-32-51)42-57-56-41-52(35-38-61(56)64-62(57)60)65(46-21-9-3-10-22-46,47-23-11-4-12-24-47)48-25-13-5-14-26-48/h3-43H,1-2H3. The molecule has 66 heavy (non-hydrogen) atoms. The van der Waals surface area contributed by atoms with Crippen molar-refractivity contribution in [1.29, 1.82) is 0 Å². The summed E-state index contributed by atoms with van der Waals surface area (Å²) in [5, 5.41) is 15.4. The van der Waals surface area contributed by atoms with E-state index in [2.05, 4.69) is 267 Å². The number of nitrogens with zero attached hydrogens (tertiary/aromatic N) is 1. The average Bonchev–Trinajstić information content (AvgIpc) is 3.91. The van der Waals surface area contributed by atoms with Gasteiger partial charge in [-0.05, 0) is 97.8 Å². The normalized spacial score (nSPS) is 12.1. The predicted molar refractivity (Wildman–Crippen MR) is 285 cm³/mol. The highest BCUT2D eigenvalue weighted by Gasteiger charge is 2.44. The molecule has 0 unspecified atom stereocenters. The van der Waals surface area contributed by atoms with E-state index < -0.39 is 16.1 Å². The zero-order valence-electron chi connectivity index (χ0n) is 37.0. The maximum Gasteiger partial charge on any atom is 0.179 e. The van der Waals surface area contributed by atoms with E-state index in [1.807, 2.05) is 0 Å². The first-order chi connectivity index (χ1) is 32.5. The van der Waals surface area contributed by atoms with Gasteiger partial charge in [0.1, 0.15) is 5.58 Å². The van der Waals surface area contributed by atoms with E-state index in [4.69, 9.17) is 4.42 Å². The average molecular weight is 878 g/mol. The van der Waals surface area contributed by atoms with Crippen LogP contribution in [0, 0.1) is 13.8 Å². The van der Waals surface area contributed by atoms with Crippen molar-refractivity contribution in [3.05, 3.63) is 260 Å². The van der Waals surface area contributed by atoms with Crippen molar-refractivity contribution in [2.24, 2.45) is 0 Å². The van der Waals surface area contributed by atoms with Gasteiger partial charge in [-0.15, -0.1) is 0 Å². The molecule has 0 aliphatic heterocycles. The van der Waals surface area contributed by atoms with Gasteiger partial charge in [0.2, 0.25) is 0 Å². The summed E-state index contributed by atoms with van der Waals surface area (Å²) in [6.45, 7) is 4.38. The van der Waals surface area contributed by atoms with E-state index in [-0.39, 0.29) is 0 Å². The molecule has 0 aliphatic rings. The number of furan rings is 1. The first-order valence-electron chi connectivity index (χ1n) is 22.9. The van der Waals surface area contributed by atoms with Gasteiger partial charge < -0.3 is 8.98 Å². The van der Waals surface area contributed by atoms with Crippen molar-refractivity contribution >= 4 is 101 Å². The third-order valence-electron chi connectivity index (χ3n) is 14.0. The van der Waals surface area contributed by atoms with Crippen LogP contribution in [0.5, 0.6) is 0 Å². The van der Waals surface area contributed by atoms with E-state index in [0.29, 0.717) is 0 Å². The van der Waals surface area contributed by atoms with Crippen LogP contribution in [0.3, 0.4) is 0 Å². The SMILES string of the molecule is Cc1ccc2c(c1)c1cc(C)ccc1n2-c1cc([Si](c2ccccc2)(c2ccccc2)c2ccccc2)cc2c1oc1ccc([Si](c3ccccc3)(c3ccccc3)c3ccccc3)cc12. The second-order valence-corrected chi connectivity index (χ2v) is 25.4. The van der Waals surface area contributed by atoms with Gasteiger partial charge in [-0.1, -0.05) is 217 Å². The predicted octanol–water partition coefficient (Wildman–Crippen LogP) is 10.1. The molecule has 12 aromatic rings. The number of fused-ring (bicyclic) bond motifs is 6. The molecule has 0 amide bonds. The van der Waals surface area contributed by atoms with Crippen LogP contribution in [0.25, 0.3) is 49.4 Å². The number of rotatable bonds is 9. The van der Waals surface area contributed by atoms with Crippen LogP contribution in [-0.4, -0.2) is 20.7 Å². The summed E-state index contributed by atoms with van der Waals surface area (Å²) in [6.07, 6.45) is 0. The molecule has 0 aliphatic carbocycles. The molecule has 10 aromatic carbocycles. The molecule has 4 heteroatoms. The van der Waals surface area contributed by atoms with Crippen LogP contribution < -0.4 is 41.5 Å². The lowest BCUT2D eigenvalue weighted by Crippen LogP contribution is -2.74. The summed E-state index contributed by atoms with van der Waals surface area (Å²) >= 11 is 0. The Hall–Kier alpha value is -7.77. The monoisotopic (exact) mass is 877 g/mol. The first-order valence-corrected chi connectivity index (χ1v) is 26.9. The minimum Gasteiger partial charge on any atom is -0.454 e. The van der Waals surface area contributed by atoms with Crippen molar-refractivity contribution < 1.29 is 4.42 Å². The Balaban J connectivity index is 1.27. The quantitative estimate of drug-likeness (QED) is 0.104. The van der Waals surface area contributed by atoms with Gasteiger partial charge in [0.25, 0.3) is 0 Å². The topological polar surface area (TPSA) is 18.1 Å². The van der Waals surface area contributed by atoms with Crippen molar-refractivity contribution in [3.63, 3.8) is 0 Å². The Morgan fingerprint density at radius 3 is 1.06 bits per heavy atom. The smallest absolute Gasteiger partial charge is 0.179 e. The Morgan fingerprint density at radius 2 is 0.667 bits per heavy atom. The number of benzene rings is 10. The maximum absolute atomic E-state index is 7.33. The summed E-state index contributed by atoms with van der Waals surface area (Å²) in [7, 11) is -5.90. The lowest BCUT2D eigenvalue weighted by atomic mass is 10.1. The van der Waals surface area contributed by atoms with Crippen molar-refractivity contribution in [2.75, 3.05) is 0 Å². The Kier molecular flexibility index (Phi) is 9.67. The molecule has 0 spiro atoms. The molecule has 2 heterocycles. The highest BCUT2D eigenvalue weighted by molar-refractivity contribution is 7.20. The van der Waals surface area contributed by atoms with Crippen LogP contribution in [-0.2, 0) is 0 Å². The zero-order chi connectivity index (χ0) is 44.2. The fourth-order valence-electron chi connectivity index (χ4n) is 11.1. The largest absolute Gasteiger partial charge is 0.454 e. The third kappa shape index (κ3) is 6.13. The van der Waals surface area contributed by atoms with E-state index in [1.165, 1.54) is 63.4 Å². The molecule has 0 N–H and O–H groups in total. The van der Waals surface area contributed by atoms with E-state index in [9.17, 15) is 0 Å².